The van der Waals surface area contributed by atoms with Crippen molar-refractivity contribution >= 4 is 41.2 Å². The predicted molar refractivity (Wildman–Crippen MR) is 156 cm³/mol. The number of aldehydes is 1. The third-order valence-electron chi connectivity index (χ3n) is 6.84. The van der Waals surface area contributed by atoms with Crippen molar-refractivity contribution in [1.82, 2.24) is 10.6 Å². The highest BCUT2D eigenvalue weighted by atomic mass is 16.2. The van der Waals surface area contributed by atoms with Crippen LogP contribution in [0.15, 0.2) is 84.9 Å². The summed E-state index contributed by atoms with van der Waals surface area (Å²) < 4.78 is 0. The SMILES string of the molecule is CC(=O)C[C@@H](C=O)NC(=O)CN1C(=O)[C@@H](NC(=O)CCc2ccccc2)CN(Cc2ccccc2)c2ccccc21. The Balaban J connectivity index is 1.60. The lowest BCUT2D eigenvalue weighted by Gasteiger charge is -2.27. The summed E-state index contributed by atoms with van der Waals surface area (Å²) in [6.45, 7) is 1.63. The number of nitrogens with one attached hydrogen (secondary N) is 2. The third-order valence-corrected chi connectivity index (χ3v) is 6.84. The van der Waals surface area contributed by atoms with E-state index in [1.165, 1.54) is 11.8 Å². The Bertz CT molecular complexity index is 1380. The summed E-state index contributed by atoms with van der Waals surface area (Å²) in [6.07, 6.45) is 1.10. The number of para-hydroxylation sites is 2. The van der Waals surface area contributed by atoms with E-state index in [0.717, 1.165) is 16.8 Å². The average molecular weight is 555 g/mol. The summed E-state index contributed by atoms with van der Waals surface area (Å²) in [4.78, 5) is 66.3. The number of nitrogens with zero attached hydrogens (tertiary/aromatic N) is 2. The Hall–Kier alpha value is -4.79. The molecule has 2 atom stereocenters. The molecular formula is C32H34N4O5. The quantitative estimate of drug-likeness (QED) is 0.333. The van der Waals surface area contributed by atoms with Crippen LogP contribution in [-0.4, -0.2) is 55.0 Å². The normalized spacial score (nSPS) is 15.3. The fraction of sp³-hybridized carbons (Fsp3) is 0.281. The van der Waals surface area contributed by atoms with Crippen molar-refractivity contribution in [3.63, 3.8) is 0 Å². The van der Waals surface area contributed by atoms with Gasteiger partial charge < -0.3 is 20.3 Å². The minimum Gasteiger partial charge on any atom is -0.363 e. The van der Waals surface area contributed by atoms with E-state index in [9.17, 15) is 24.0 Å². The second-order valence-electron chi connectivity index (χ2n) is 10.1. The lowest BCUT2D eigenvalue weighted by molar-refractivity contribution is -0.128. The number of aryl methyl sites for hydroxylation is 1. The molecule has 9 nitrogen and oxygen atoms in total. The average Bonchev–Trinajstić information content (AvgIpc) is 3.07. The molecule has 3 amide bonds. The number of anilines is 2. The molecule has 0 bridgehead atoms. The fourth-order valence-corrected chi connectivity index (χ4v) is 4.90. The van der Waals surface area contributed by atoms with Crippen molar-refractivity contribution in [3.8, 4) is 0 Å². The molecule has 0 saturated heterocycles. The summed E-state index contributed by atoms with van der Waals surface area (Å²) in [5.74, 6) is -1.54. The second kappa shape index (κ2) is 14.0. The van der Waals surface area contributed by atoms with Gasteiger partial charge in [-0.25, -0.2) is 0 Å². The van der Waals surface area contributed by atoms with E-state index in [2.05, 4.69) is 10.6 Å². The van der Waals surface area contributed by atoms with Gasteiger partial charge in [0.1, 0.15) is 24.7 Å². The van der Waals surface area contributed by atoms with Gasteiger partial charge in [0, 0.05) is 25.9 Å². The van der Waals surface area contributed by atoms with E-state index >= 15 is 0 Å². The second-order valence-corrected chi connectivity index (χ2v) is 10.1. The smallest absolute Gasteiger partial charge is 0.251 e. The van der Waals surface area contributed by atoms with Crippen LogP contribution in [0.4, 0.5) is 11.4 Å². The number of amides is 3. The maximum absolute atomic E-state index is 14.0. The van der Waals surface area contributed by atoms with Crippen LogP contribution in [-0.2, 0) is 36.9 Å². The summed E-state index contributed by atoms with van der Waals surface area (Å²) in [6, 6.07) is 24.8. The molecule has 1 heterocycles. The summed E-state index contributed by atoms with van der Waals surface area (Å²) in [7, 11) is 0. The van der Waals surface area contributed by atoms with Gasteiger partial charge in [-0.05, 0) is 36.6 Å². The topological polar surface area (TPSA) is 116 Å². The van der Waals surface area contributed by atoms with Crippen molar-refractivity contribution in [2.24, 2.45) is 0 Å². The van der Waals surface area contributed by atoms with Gasteiger partial charge in [-0.15, -0.1) is 0 Å². The molecule has 0 aromatic heterocycles. The highest BCUT2D eigenvalue weighted by Crippen LogP contribution is 2.33. The Kier molecular flexibility index (Phi) is 9.99. The van der Waals surface area contributed by atoms with Crippen LogP contribution in [0.3, 0.4) is 0 Å². The van der Waals surface area contributed by atoms with Crippen LogP contribution in [0.1, 0.15) is 30.9 Å². The zero-order valence-corrected chi connectivity index (χ0v) is 23.0. The van der Waals surface area contributed by atoms with Crippen LogP contribution in [0, 0.1) is 0 Å². The van der Waals surface area contributed by atoms with Gasteiger partial charge in [-0.2, -0.15) is 0 Å². The van der Waals surface area contributed by atoms with Crippen LogP contribution < -0.4 is 20.4 Å². The molecule has 0 spiro atoms. The molecule has 41 heavy (non-hydrogen) atoms. The molecule has 4 rings (SSSR count). The molecule has 9 heteroatoms. The van der Waals surface area contributed by atoms with Gasteiger partial charge in [0.05, 0.1) is 17.4 Å². The standard InChI is InChI=1S/C32H34N4O5/c1-23(38)18-26(22-37)33-31(40)21-36-29-15-9-8-14-28(29)35(19-25-12-6-3-7-13-25)20-27(32(36)41)34-30(39)17-16-24-10-4-2-5-11-24/h2-15,22,26-27H,16-21H2,1H3,(H,33,40)(H,34,39)/t26-,27-/m0/s1. The number of benzene rings is 3. The van der Waals surface area contributed by atoms with E-state index in [1.807, 2.05) is 77.7 Å². The number of ketones is 1. The molecule has 1 aliphatic rings. The first-order valence-electron chi connectivity index (χ1n) is 13.6. The van der Waals surface area contributed by atoms with Crippen LogP contribution in [0.5, 0.6) is 0 Å². The summed E-state index contributed by atoms with van der Waals surface area (Å²) in [5, 5.41) is 5.45. The van der Waals surface area contributed by atoms with Crippen molar-refractivity contribution in [2.45, 2.75) is 44.8 Å². The van der Waals surface area contributed by atoms with Crippen molar-refractivity contribution in [3.05, 3.63) is 96.1 Å². The minimum absolute atomic E-state index is 0.134. The largest absolute Gasteiger partial charge is 0.363 e. The monoisotopic (exact) mass is 554 g/mol. The number of carbonyl (C=O) groups excluding carboxylic acids is 5. The van der Waals surface area contributed by atoms with E-state index in [1.54, 1.807) is 12.1 Å². The molecule has 3 aromatic carbocycles. The van der Waals surface area contributed by atoms with Gasteiger partial charge in [0.25, 0.3) is 5.91 Å². The molecule has 0 aliphatic carbocycles. The van der Waals surface area contributed by atoms with Gasteiger partial charge >= 0.3 is 0 Å². The number of rotatable bonds is 12. The zero-order valence-electron chi connectivity index (χ0n) is 23.0. The Labute approximate surface area is 239 Å². The molecular weight excluding hydrogens is 520 g/mol. The maximum atomic E-state index is 14.0. The fourth-order valence-electron chi connectivity index (χ4n) is 4.90. The van der Waals surface area contributed by atoms with E-state index < -0.39 is 23.9 Å². The predicted octanol–water partition coefficient (Wildman–Crippen LogP) is 2.82. The Morgan fingerprint density at radius 3 is 2.12 bits per heavy atom. The molecule has 0 radical (unpaired) electrons. The number of Topliss-reactive ketones (excluding diaryl/α,β-unsaturated/α-hetero) is 1. The molecule has 1 aliphatic heterocycles. The zero-order chi connectivity index (χ0) is 29.2. The van der Waals surface area contributed by atoms with Crippen LogP contribution in [0.25, 0.3) is 0 Å². The summed E-state index contributed by atoms with van der Waals surface area (Å²) in [5.41, 5.74) is 3.28. The molecule has 3 aromatic rings. The molecule has 212 valence electrons. The Morgan fingerprint density at radius 2 is 1.49 bits per heavy atom. The number of carbonyl (C=O) groups is 5. The van der Waals surface area contributed by atoms with Crippen LogP contribution >= 0.6 is 0 Å². The van der Waals surface area contributed by atoms with Gasteiger partial charge in [-0.1, -0.05) is 72.8 Å². The first-order valence-corrected chi connectivity index (χ1v) is 13.6. The number of fused-ring (bicyclic) bond motifs is 1. The first kappa shape index (κ1) is 29.2. The Morgan fingerprint density at radius 1 is 0.878 bits per heavy atom. The van der Waals surface area contributed by atoms with E-state index in [0.29, 0.717) is 24.9 Å². The third kappa shape index (κ3) is 8.11. The minimum atomic E-state index is -0.986. The van der Waals surface area contributed by atoms with Gasteiger partial charge in [0.2, 0.25) is 11.8 Å². The highest BCUT2D eigenvalue weighted by Gasteiger charge is 2.35. The summed E-state index contributed by atoms with van der Waals surface area (Å²) >= 11 is 0. The first-order chi connectivity index (χ1) is 19.8. The van der Waals surface area contributed by atoms with E-state index in [-0.39, 0.29) is 37.6 Å². The van der Waals surface area contributed by atoms with Crippen molar-refractivity contribution in [1.29, 1.82) is 0 Å². The van der Waals surface area contributed by atoms with Gasteiger partial charge in [0.15, 0.2) is 0 Å². The maximum Gasteiger partial charge on any atom is 0.251 e. The highest BCUT2D eigenvalue weighted by molar-refractivity contribution is 6.06. The molecule has 0 fully saturated rings. The lowest BCUT2D eigenvalue weighted by Crippen LogP contribution is -2.54. The van der Waals surface area contributed by atoms with E-state index in [4.69, 9.17) is 0 Å². The van der Waals surface area contributed by atoms with Crippen molar-refractivity contribution in [2.75, 3.05) is 22.9 Å². The molecule has 2 N–H and O–H groups in total. The van der Waals surface area contributed by atoms with Crippen molar-refractivity contribution < 1.29 is 24.0 Å². The molecule has 0 saturated carbocycles. The lowest BCUT2D eigenvalue weighted by atomic mass is 10.1. The number of hydrogen-bond donors (Lipinski definition) is 2. The number of hydrogen-bond acceptors (Lipinski definition) is 6. The van der Waals surface area contributed by atoms with Gasteiger partial charge in [-0.3, -0.25) is 24.1 Å². The van der Waals surface area contributed by atoms with Crippen LogP contribution in [0.2, 0.25) is 0 Å². The molecule has 0 unspecified atom stereocenters.